The van der Waals surface area contributed by atoms with E-state index < -0.39 is 0 Å². The lowest BCUT2D eigenvalue weighted by molar-refractivity contribution is 0.157. The molecule has 1 atom stereocenters. The van der Waals surface area contributed by atoms with Crippen LogP contribution in [0.25, 0.3) is 0 Å². The van der Waals surface area contributed by atoms with Crippen LogP contribution in [-0.4, -0.2) is 13.1 Å². The first-order valence-electron chi connectivity index (χ1n) is 7.81. The number of hydrogen-bond acceptors (Lipinski definition) is 1. The average Bonchev–Trinajstić information content (AvgIpc) is 2.36. The van der Waals surface area contributed by atoms with E-state index in [2.05, 4.69) is 40.1 Å². The van der Waals surface area contributed by atoms with Crippen LogP contribution in [0.3, 0.4) is 0 Å². The molecule has 0 heterocycles. The molecule has 0 bridgehead atoms. The third kappa shape index (κ3) is 3.98. The zero-order chi connectivity index (χ0) is 12.8. The summed E-state index contributed by atoms with van der Waals surface area (Å²) in [6.07, 6.45) is 8.47. The second kappa shape index (κ2) is 7.41. The minimum Gasteiger partial charge on any atom is -0.316 e. The molecule has 0 aromatic heterocycles. The lowest BCUT2D eigenvalue weighted by Crippen LogP contribution is -2.41. The molecule has 102 valence electrons. The number of nitrogens with one attached hydrogen (secondary N) is 1. The summed E-state index contributed by atoms with van der Waals surface area (Å²) in [6, 6.07) is 0.762. The summed E-state index contributed by atoms with van der Waals surface area (Å²) in [5, 5.41) is 3.62. The van der Waals surface area contributed by atoms with Gasteiger partial charge >= 0.3 is 0 Å². The molecule has 1 unspecified atom stereocenters. The highest BCUT2D eigenvalue weighted by atomic mass is 14.9. The molecule has 0 radical (unpaired) electrons. The summed E-state index contributed by atoms with van der Waals surface area (Å²) in [6.45, 7) is 9.47. The Hall–Kier alpha value is -0.0400. The van der Waals surface area contributed by atoms with Crippen molar-refractivity contribution in [3.63, 3.8) is 0 Å². The molecule has 17 heavy (non-hydrogen) atoms. The summed E-state index contributed by atoms with van der Waals surface area (Å²) in [5.74, 6) is 3.68. The maximum atomic E-state index is 3.62. The fourth-order valence-corrected chi connectivity index (χ4v) is 3.82. The normalized spacial score (nSPS) is 27.7. The fourth-order valence-electron chi connectivity index (χ4n) is 3.82. The smallest absolute Gasteiger partial charge is 0.0120 e. The Labute approximate surface area is 109 Å². The second-order valence-electron chi connectivity index (χ2n) is 6.31. The molecule has 0 spiro atoms. The molecule has 1 rings (SSSR count). The van der Waals surface area contributed by atoms with Gasteiger partial charge in [0, 0.05) is 6.04 Å². The van der Waals surface area contributed by atoms with E-state index in [9.17, 15) is 0 Å². The molecule has 0 saturated heterocycles. The summed E-state index contributed by atoms with van der Waals surface area (Å²) in [4.78, 5) is 0. The molecule has 1 nitrogen and oxygen atoms in total. The van der Waals surface area contributed by atoms with Gasteiger partial charge < -0.3 is 5.32 Å². The Bertz CT molecular complexity index is 188. The summed E-state index contributed by atoms with van der Waals surface area (Å²) >= 11 is 0. The molecule has 0 aromatic carbocycles. The third-order valence-electron chi connectivity index (χ3n) is 5.16. The molecular formula is C16H33N. The first kappa shape index (κ1) is 15.0. The van der Waals surface area contributed by atoms with Crippen LogP contribution >= 0.6 is 0 Å². The van der Waals surface area contributed by atoms with Gasteiger partial charge in [0.2, 0.25) is 0 Å². The van der Waals surface area contributed by atoms with Crippen molar-refractivity contribution >= 4 is 0 Å². The molecule has 0 aromatic rings. The molecule has 1 fully saturated rings. The third-order valence-corrected chi connectivity index (χ3v) is 5.16. The molecule has 1 N–H and O–H groups in total. The first-order valence-corrected chi connectivity index (χ1v) is 7.81. The van der Waals surface area contributed by atoms with Crippen molar-refractivity contribution in [1.29, 1.82) is 0 Å². The van der Waals surface area contributed by atoms with E-state index in [0.717, 1.165) is 29.7 Å². The quantitative estimate of drug-likeness (QED) is 0.721. The van der Waals surface area contributed by atoms with Gasteiger partial charge in [0.25, 0.3) is 0 Å². The van der Waals surface area contributed by atoms with Crippen molar-refractivity contribution in [3.05, 3.63) is 0 Å². The van der Waals surface area contributed by atoms with E-state index >= 15 is 0 Å². The van der Waals surface area contributed by atoms with Gasteiger partial charge in [-0.05, 0) is 56.4 Å². The van der Waals surface area contributed by atoms with Gasteiger partial charge in [0.15, 0.2) is 0 Å². The Morgan fingerprint density at radius 3 is 1.76 bits per heavy atom. The Morgan fingerprint density at radius 1 is 0.941 bits per heavy atom. The highest BCUT2D eigenvalue weighted by Gasteiger charge is 2.31. The number of rotatable bonds is 6. The van der Waals surface area contributed by atoms with Crippen LogP contribution in [0.15, 0.2) is 0 Å². The summed E-state index contributed by atoms with van der Waals surface area (Å²) in [7, 11) is 2.16. The van der Waals surface area contributed by atoms with Crippen molar-refractivity contribution in [1.82, 2.24) is 5.32 Å². The van der Waals surface area contributed by atoms with Crippen molar-refractivity contribution in [2.75, 3.05) is 7.05 Å². The number of hydrogen-bond donors (Lipinski definition) is 1. The lowest BCUT2D eigenvalue weighted by Gasteiger charge is -2.38. The zero-order valence-corrected chi connectivity index (χ0v) is 12.6. The van der Waals surface area contributed by atoms with E-state index in [-0.39, 0.29) is 0 Å². The summed E-state index contributed by atoms with van der Waals surface area (Å²) < 4.78 is 0. The fraction of sp³-hybridized carbons (Fsp3) is 1.00. The van der Waals surface area contributed by atoms with Crippen LogP contribution in [0.4, 0.5) is 0 Å². The molecule has 1 saturated carbocycles. The molecule has 1 heteroatoms. The molecule has 1 aliphatic carbocycles. The van der Waals surface area contributed by atoms with E-state index in [1.54, 1.807) is 0 Å². The van der Waals surface area contributed by atoms with Crippen LogP contribution in [0.2, 0.25) is 0 Å². The van der Waals surface area contributed by atoms with E-state index in [1.165, 1.54) is 38.5 Å². The largest absolute Gasteiger partial charge is 0.316 e. The van der Waals surface area contributed by atoms with Crippen LogP contribution in [-0.2, 0) is 0 Å². The van der Waals surface area contributed by atoms with Gasteiger partial charge in [-0.2, -0.15) is 0 Å². The minimum atomic E-state index is 0.762. The van der Waals surface area contributed by atoms with Crippen LogP contribution in [0.1, 0.15) is 66.2 Å². The van der Waals surface area contributed by atoms with Gasteiger partial charge in [-0.15, -0.1) is 0 Å². The van der Waals surface area contributed by atoms with Crippen molar-refractivity contribution in [3.8, 4) is 0 Å². The maximum absolute atomic E-state index is 3.62. The first-order chi connectivity index (χ1) is 8.13. The van der Waals surface area contributed by atoms with Crippen LogP contribution in [0, 0.1) is 23.7 Å². The van der Waals surface area contributed by atoms with Crippen molar-refractivity contribution < 1.29 is 0 Å². The van der Waals surface area contributed by atoms with Crippen molar-refractivity contribution in [2.24, 2.45) is 23.7 Å². The Balaban J connectivity index is 2.50. The van der Waals surface area contributed by atoms with E-state index in [0.29, 0.717) is 0 Å². The Morgan fingerprint density at radius 2 is 1.41 bits per heavy atom. The average molecular weight is 239 g/mol. The highest BCUT2D eigenvalue weighted by Crippen LogP contribution is 2.37. The lowest BCUT2D eigenvalue weighted by atomic mass is 9.71. The second-order valence-corrected chi connectivity index (χ2v) is 6.31. The summed E-state index contributed by atoms with van der Waals surface area (Å²) in [5.41, 5.74) is 0. The van der Waals surface area contributed by atoms with Gasteiger partial charge in [-0.25, -0.2) is 0 Å². The van der Waals surface area contributed by atoms with Crippen LogP contribution in [0.5, 0.6) is 0 Å². The topological polar surface area (TPSA) is 12.0 Å². The van der Waals surface area contributed by atoms with Gasteiger partial charge in [0.1, 0.15) is 0 Å². The van der Waals surface area contributed by atoms with E-state index in [1.807, 2.05) is 0 Å². The molecular weight excluding hydrogens is 206 g/mol. The van der Waals surface area contributed by atoms with Gasteiger partial charge in [0.05, 0.1) is 0 Å². The molecule has 0 aliphatic heterocycles. The van der Waals surface area contributed by atoms with Crippen molar-refractivity contribution in [2.45, 2.75) is 72.3 Å². The molecule has 1 aliphatic rings. The standard InChI is InChI=1S/C16H33N/c1-6-13(7-2)16(17-5)15-10-8-14(9-11-15)12(3)4/h12-17H,6-11H2,1-5H3. The predicted molar refractivity (Wildman–Crippen MR) is 77.2 cm³/mol. The molecule has 0 amide bonds. The van der Waals surface area contributed by atoms with E-state index in [4.69, 9.17) is 0 Å². The monoisotopic (exact) mass is 239 g/mol. The minimum absolute atomic E-state index is 0.762. The predicted octanol–water partition coefficient (Wildman–Crippen LogP) is 4.47. The zero-order valence-electron chi connectivity index (χ0n) is 12.6. The maximum Gasteiger partial charge on any atom is 0.0120 e. The SMILES string of the molecule is CCC(CC)C(NC)C1CCC(C(C)C)CC1. The van der Waals surface area contributed by atoms with Gasteiger partial charge in [-0.3, -0.25) is 0 Å². The Kier molecular flexibility index (Phi) is 6.54. The van der Waals surface area contributed by atoms with Crippen LogP contribution < -0.4 is 5.32 Å². The van der Waals surface area contributed by atoms with Gasteiger partial charge in [-0.1, -0.05) is 40.5 Å². The highest BCUT2D eigenvalue weighted by molar-refractivity contribution is 4.85.